The van der Waals surface area contributed by atoms with E-state index in [1.54, 1.807) is 32.1 Å². The first-order chi connectivity index (χ1) is 12.4. The minimum Gasteiger partial charge on any atom is -0.0713 e. The van der Waals surface area contributed by atoms with E-state index in [0.29, 0.717) is 0 Å². The molecule has 4 aliphatic rings. The number of rotatable bonds is 2. The molecule has 0 aromatic carbocycles. The summed E-state index contributed by atoms with van der Waals surface area (Å²) in [5, 5.41) is 0. The lowest BCUT2D eigenvalue weighted by Gasteiger charge is -2.91. The molecule has 6 heteroatoms. The van der Waals surface area contributed by atoms with E-state index in [9.17, 15) is 0 Å². The highest BCUT2D eigenvalue weighted by atomic mass is 29.4. The molecule has 3 aliphatic heterocycles. The number of hydrogen-bond donors (Lipinski definition) is 0. The molecule has 164 valence electrons. The minimum absolute atomic E-state index is 0.893. The quantitative estimate of drug-likeness (QED) is 0.347. The molecule has 0 aromatic heterocycles. The fraction of sp³-hybridized carbons (Fsp3) is 1.00. The van der Waals surface area contributed by atoms with Crippen LogP contribution in [-0.2, 0) is 0 Å². The maximum atomic E-state index is 3.01. The lowest BCUT2D eigenvalue weighted by molar-refractivity contribution is 0.344. The Labute approximate surface area is 183 Å². The van der Waals surface area contributed by atoms with Gasteiger partial charge in [-0.05, 0) is 14.5 Å². The monoisotopic (exact) mass is 484 g/mol. The Bertz CT molecular complexity index is 580. The summed E-state index contributed by atoms with van der Waals surface area (Å²) in [5.74, 6) is 1.13. The molecule has 2 bridgehead atoms. The van der Waals surface area contributed by atoms with Gasteiger partial charge in [0.25, 0.3) is 0 Å². The third-order valence-electron chi connectivity index (χ3n) is 13.6. The van der Waals surface area contributed by atoms with Gasteiger partial charge in [-0.15, -0.1) is 0 Å². The van der Waals surface area contributed by atoms with Crippen LogP contribution in [0.5, 0.6) is 0 Å². The lowest BCUT2D eigenvalue weighted by atomic mass is 9.90. The van der Waals surface area contributed by atoms with Gasteiger partial charge < -0.3 is 0 Å². The summed E-state index contributed by atoms with van der Waals surface area (Å²) >= 11 is 0. The lowest BCUT2D eigenvalue weighted by Crippen LogP contribution is -3.04. The summed E-state index contributed by atoms with van der Waals surface area (Å²) in [6, 6.07) is 0. The average molecular weight is 485 g/mol. The maximum Gasteiger partial charge on any atom is 0.0420 e. The molecule has 0 unspecified atom stereocenters. The summed E-state index contributed by atoms with van der Waals surface area (Å²) in [7, 11) is -8.00. The minimum atomic E-state index is -1.35. The van der Waals surface area contributed by atoms with Crippen molar-refractivity contribution in [2.24, 2.45) is 5.92 Å². The van der Waals surface area contributed by atoms with Gasteiger partial charge in [0.15, 0.2) is 0 Å². The van der Waals surface area contributed by atoms with Gasteiger partial charge in [-0.25, -0.2) is 0 Å². The van der Waals surface area contributed by atoms with Crippen LogP contribution in [-0.4, -0.2) is 45.5 Å². The normalized spacial score (nSPS) is 42.3. The molecule has 0 nitrogen and oxygen atoms in total. The first-order valence-electron chi connectivity index (χ1n) is 12.4. The van der Waals surface area contributed by atoms with Gasteiger partial charge in [0.2, 0.25) is 0 Å². The van der Waals surface area contributed by atoms with Gasteiger partial charge in [0, 0.05) is 45.5 Å². The van der Waals surface area contributed by atoms with Crippen molar-refractivity contribution in [1.29, 1.82) is 0 Å². The highest BCUT2D eigenvalue weighted by Crippen LogP contribution is 2.83. The molecule has 3 saturated heterocycles. The van der Waals surface area contributed by atoms with E-state index >= 15 is 0 Å². The van der Waals surface area contributed by atoms with Gasteiger partial charge in [0.1, 0.15) is 0 Å². The first kappa shape index (κ1) is 24.0. The molecule has 0 aromatic rings. The van der Waals surface area contributed by atoms with Crippen LogP contribution in [0.3, 0.4) is 0 Å². The molecule has 28 heavy (non-hydrogen) atoms. The van der Waals surface area contributed by atoms with E-state index in [-0.39, 0.29) is 0 Å². The van der Waals surface area contributed by atoms with Gasteiger partial charge >= 0.3 is 0 Å². The first-order valence-corrected chi connectivity index (χ1v) is 33.4. The summed E-state index contributed by atoms with van der Waals surface area (Å²) in [5.41, 5.74) is 0. The molecule has 4 rings (SSSR count). The van der Waals surface area contributed by atoms with Gasteiger partial charge in [-0.1, -0.05) is 124 Å². The van der Waals surface area contributed by atoms with Crippen molar-refractivity contribution in [2.45, 2.75) is 133 Å². The highest BCUT2D eigenvalue weighted by Gasteiger charge is 2.92. The van der Waals surface area contributed by atoms with E-state index in [0.717, 1.165) is 14.5 Å². The molecule has 1 aliphatic carbocycles. The maximum absolute atomic E-state index is 3.01. The molecule has 1 saturated carbocycles. The zero-order chi connectivity index (χ0) is 21.8. The largest absolute Gasteiger partial charge is 0.0713 e. The van der Waals surface area contributed by atoms with E-state index in [4.69, 9.17) is 0 Å². The zero-order valence-electron chi connectivity index (χ0n) is 21.8. The Morgan fingerprint density at radius 1 is 0.536 bits per heavy atom. The summed E-state index contributed by atoms with van der Waals surface area (Å²) in [4.78, 5) is 0. The van der Waals surface area contributed by atoms with Gasteiger partial charge in [0.05, 0.1) is 0 Å². The molecule has 3 heterocycles. The summed E-state index contributed by atoms with van der Waals surface area (Å²) < 4.78 is 1.82. The molecule has 0 spiro atoms. The Balaban J connectivity index is 2.55. The molecular weight excluding hydrogens is 433 g/mol. The van der Waals surface area contributed by atoms with Crippen molar-refractivity contribution in [3.05, 3.63) is 0 Å². The topological polar surface area (TPSA) is 0 Å². The SMILES string of the molecule is CCC12[Si](C)(C)[Si](C)(C)C(C3CCCCC3)([Si](C)(C)[Si]1(C)C)[Si](C)(C)[Si]2(C)C. The van der Waals surface area contributed by atoms with Crippen LogP contribution in [0.4, 0.5) is 0 Å². The Morgan fingerprint density at radius 2 is 0.857 bits per heavy atom. The van der Waals surface area contributed by atoms with Crippen molar-refractivity contribution in [1.82, 2.24) is 0 Å². The smallest absolute Gasteiger partial charge is 0.0420 e. The highest BCUT2D eigenvalue weighted by molar-refractivity contribution is 7.77. The second-order valence-electron chi connectivity index (χ2n) is 14.2. The molecule has 0 amide bonds. The Hall–Kier alpha value is 1.30. The van der Waals surface area contributed by atoms with Crippen molar-refractivity contribution in [2.75, 3.05) is 0 Å². The molecule has 0 radical (unpaired) electrons. The van der Waals surface area contributed by atoms with Crippen LogP contribution >= 0.6 is 0 Å². The summed E-state index contributed by atoms with van der Waals surface area (Å²) in [6.07, 6.45) is 9.42. The fourth-order valence-electron chi connectivity index (χ4n) is 12.2. The molecule has 4 fully saturated rings. The molecule has 0 N–H and O–H groups in total. The number of fused-ring (bicyclic) bond motifs is 3. The van der Waals surface area contributed by atoms with E-state index in [1.807, 2.05) is 0 Å². The Kier molecular flexibility index (Phi) is 5.31. The van der Waals surface area contributed by atoms with Crippen molar-refractivity contribution >= 4 is 45.5 Å². The van der Waals surface area contributed by atoms with Crippen LogP contribution in [0.25, 0.3) is 0 Å². The average Bonchev–Trinajstić information content (AvgIpc) is 2.53. The van der Waals surface area contributed by atoms with Crippen LogP contribution in [0, 0.1) is 5.92 Å². The predicted octanol–water partition coefficient (Wildman–Crippen LogP) is 8.13. The third kappa shape index (κ3) is 1.92. The second kappa shape index (κ2) is 6.21. The van der Waals surface area contributed by atoms with Crippen LogP contribution < -0.4 is 0 Å². The van der Waals surface area contributed by atoms with Gasteiger partial charge in [-0.3, -0.25) is 0 Å². The Morgan fingerprint density at radius 3 is 1.14 bits per heavy atom. The van der Waals surface area contributed by atoms with Crippen LogP contribution in [0.15, 0.2) is 0 Å². The zero-order valence-corrected chi connectivity index (χ0v) is 27.8. The van der Waals surface area contributed by atoms with Crippen molar-refractivity contribution < 1.29 is 0 Å². The predicted molar refractivity (Wildman–Crippen MR) is 147 cm³/mol. The molecular formula is C22H52Si6. The standard InChI is InChI=1S/C22H52Si6/c1-14-21-23(2,3)26(8,9)22(20-18-16-15-17-19-20,27(10,11)24(21,4)5)28(12,13)25(21,6)7/h20H,14-19H2,1-13H3. The number of hydrogen-bond acceptors (Lipinski definition) is 0. The van der Waals surface area contributed by atoms with Crippen molar-refractivity contribution in [3.63, 3.8) is 0 Å². The third-order valence-corrected chi connectivity index (χ3v) is 105. The second-order valence-corrected chi connectivity index (χ2v) is 64.1. The molecule has 0 atom stereocenters. The van der Waals surface area contributed by atoms with Crippen LogP contribution in [0.2, 0.25) is 87.1 Å². The fourth-order valence-corrected chi connectivity index (χ4v) is 159. The van der Waals surface area contributed by atoms with Crippen LogP contribution in [0.1, 0.15) is 45.4 Å². The van der Waals surface area contributed by atoms with Crippen molar-refractivity contribution in [3.8, 4) is 0 Å². The van der Waals surface area contributed by atoms with E-state index in [2.05, 4.69) is 85.5 Å². The van der Waals surface area contributed by atoms with E-state index in [1.165, 1.54) is 6.42 Å². The van der Waals surface area contributed by atoms with Gasteiger partial charge in [-0.2, -0.15) is 0 Å². The summed E-state index contributed by atoms with van der Waals surface area (Å²) in [6.45, 7) is 38.6. The van der Waals surface area contributed by atoms with E-state index < -0.39 is 45.5 Å².